The van der Waals surface area contributed by atoms with Crippen molar-refractivity contribution in [2.24, 2.45) is 11.3 Å². The third-order valence-corrected chi connectivity index (χ3v) is 7.35. The monoisotopic (exact) mass is 520 g/mol. The van der Waals surface area contributed by atoms with Gasteiger partial charge in [-0.05, 0) is 99.4 Å². The van der Waals surface area contributed by atoms with E-state index >= 15 is 0 Å². The summed E-state index contributed by atoms with van der Waals surface area (Å²) in [6.07, 6.45) is 6.59. The number of hydrogen-bond acceptors (Lipinski definition) is 5. The zero-order valence-electron chi connectivity index (χ0n) is 24.2. The molecular weight excluding hydrogens is 476 g/mol. The normalized spacial score (nSPS) is 18.1. The number of carbonyl (C=O) groups excluding carboxylic acids is 1. The minimum atomic E-state index is 0.101. The number of carbonyl (C=O) groups is 1. The smallest absolute Gasteiger partial charge is 0.185 e. The van der Waals surface area contributed by atoms with Gasteiger partial charge in [-0.15, -0.1) is 0 Å². The van der Waals surface area contributed by atoms with Gasteiger partial charge in [0, 0.05) is 11.1 Å². The molecule has 0 bridgehead atoms. The average Bonchev–Trinajstić information content (AvgIpc) is 2.89. The molecule has 5 nitrogen and oxygen atoms in total. The molecule has 5 heteroatoms. The summed E-state index contributed by atoms with van der Waals surface area (Å²) in [4.78, 5) is 13.8. The molecule has 0 N–H and O–H groups in total. The minimum absolute atomic E-state index is 0.101. The first-order valence-electron chi connectivity index (χ1n) is 14.0. The summed E-state index contributed by atoms with van der Waals surface area (Å²) in [5.41, 5.74) is 3.64. The lowest BCUT2D eigenvalue weighted by atomic mass is 9.66. The van der Waals surface area contributed by atoms with E-state index in [1.165, 1.54) is 0 Å². The molecule has 1 saturated carbocycles. The number of rotatable bonds is 12. The largest absolute Gasteiger partial charge is 0.490 e. The molecule has 38 heavy (non-hydrogen) atoms. The van der Waals surface area contributed by atoms with Gasteiger partial charge in [0.1, 0.15) is 0 Å². The second-order valence-corrected chi connectivity index (χ2v) is 10.3. The van der Waals surface area contributed by atoms with Crippen molar-refractivity contribution in [1.82, 2.24) is 0 Å². The van der Waals surface area contributed by atoms with Gasteiger partial charge >= 0.3 is 0 Å². The number of ether oxygens (including phenoxy) is 4. The van der Waals surface area contributed by atoms with E-state index in [9.17, 15) is 4.79 Å². The maximum absolute atomic E-state index is 13.8. The van der Waals surface area contributed by atoms with E-state index in [0.717, 1.165) is 53.0 Å². The first-order valence-corrected chi connectivity index (χ1v) is 14.0. The van der Waals surface area contributed by atoms with Crippen molar-refractivity contribution in [2.45, 2.75) is 67.7 Å². The van der Waals surface area contributed by atoms with E-state index in [-0.39, 0.29) is 11.2 Å². The van der Waals surface area contributed by atoms with Gasteiger partial charge < -0.3 is 18.9 Å². The quantitative estimate of drug-likeness (QED) is 0.264. The lowest BCUT2D eigenvalue weighted by Crippen LogP contribution is -2.30. The summed E-state index contributed by atoms with van der Waals surface area (Å²) >= 11 is 0. The van der Waals surface area contributed by atoms with Crippen molar-refractivity contribution in [2.75, 3.05) is 26.4 Å². The van der Waals surface area contributed by atoms with Crippen molar-refractivity contribution in [3.8, 4) is 23.0 Å². The van der Waals surface area contributed by atoms with Gasteiger partial charge in [0.05, 0.1) is 26.4 Å². The molecule has 0 amide bonds. The van der Waals surface area contributed by atoms with Crippen molar-refractivity contribution in [1.29, 1.82) is 0 Å². The summed E-state index contributed by atoms with van der Waals surface area (Å²) in [7, 11) is 0. The highest BCUT2D eigenvalue weighted by molar-refractivity contribution is 6.14. The Hall–Kier alpha value is -3.21. The number of hydrogen-bond donors (Lipinski definition) is 0. The van der Waals surface area contributed by atoms with E-state index in [1.54, 1.807) is 0 Å². The van der Waals surface area contributed by atoms with E-state index in [0.29, 0.717) is 43.8 Å². The number of benzene rings is 2. The molecule has 0 spiro atoms. The van der Waals surface area contributed by atoms with Crippen LogP contribution in [0, 0.1) is 11.3 Å². The van der Waals surface area contributed by atoms with Gasteiger partial charge in [-0.1, -0.05) is 39.3 Å². The number of Topliss-reactive ketones (excluding diaryl/α,β-unsaturated/α-hetero) is 1. The highest BCUT2D eigenvalue weighted by atomic mass is 16.5. The highest BCUT2D eigenvalue weighted by Gasteiger charge is 2.36. The first kappa shape index (κ1) is 29.3. The fraction of sp³-hybridized carbons (Fsp3) is 0.485. The molecule has 206 valence electrons. The van der Waals surface area contributed by atoms with Gasteiger partial charge in [-0.2, -0.15) is 0 Å². The Morgan fingerprint density at radius 3 is 1.45 bits per heavy atom. The molecule has 1 aliphatic rings. The zero-order valence-corrected chi connectivity index (χ0v) is 24.2. The van der Waals surface area contributed by atoms with Crippen LogP contribution < -0.4 is 18.9 Å². The lowest BCUT2D eigenvalue weighted by Gasteiger charge is -2.38. The predicted molar refractivity (Wildman–Crippen MR) is 155 cm³/mol. The minimum Gasteiger partial charge on any atom is -0.490 e. The third kappa shape index (κ3) is 7.21. The van der Waals surface area contributed by atoms with Crippen LogP contribution in [0.3, 0.4) is 0 Å². The summed E-state index contributed by atoms with van der Waals surface area (Å²) in [5.74, 6) is 3.30. The molecule has 0 aromatic heterocycles. The second kappa shape index (κ2) is 13.5. The molecule has 2 aromatic carbocycles. The molecule has 0 saturated heterocycles. The standard InChI is InChI=1S/C33H44O5/c1-8-33(6,7)27-21-25(17-23-13-15-28(35-9-2)30(19-23)37-11-4)32(34)26(22-27)18-24-14-16-29(36-10-3)31(20-24)38-12-5/h13-20,27H,8-12,21-22H2,1-7H3. The second-order valence-electron chi connectivity index (χ2n) is 10.3. The maximum Gasteiger partial charge on any atom is 0.185 e. The average molecular weight is 521 g/mol. The van der Waals surface area contributed by atoms with Crippen molar-refractivity contribution >= 4 is 17.9 Å². The predicted octanol–water partition coefficient (Wildman–Crippen LogP) is 8.16. The number of ketones is 1. The SMILES string of the molecule is CCOc1ccc(C=C2CC(C(C)(C)CC)CC(=Cc3ccc(OCC)c(OCC)c3)C2=O)cc1OCC. The Bertz CT molecular complexity index is 1080. The molecule has 0 aliphatic heterocycles. The van der Waals surface area contributed by atoms with Gasteiger partial charge in [0.25, 0.3) is 0 Å². The molecule has 3 rings (SSSR count). The highest BCUT2D eigenvalue weighted by Crippen LogP contribution is 2.44. The maximum atomic E-state index is 13.8. The molecule has 1 aliphatic carbocycles. The Labute approximate surface area is 228 Å². The van der Waals surface area contributed by atoms with Crippen molar-refractivity contribution in [3.05, 3.63) is 58.7 Å². The first-order chi connectivity index (χ1) is 18.3. The van der Waals surface area contributed by atoms with Crippen LogP contribution in [0.5, 0.6) is 23.0 Å². The van der Waals surface area contributed by atoms with Gasteiger partial charge in [0.2, 0.25) is 0 Å². The molecule has 0 heterocycles. The van der Waals surface area contributed by atoms with Crippen LogP contribution in [-0.2, 0) is 4.79 Å². The summed E-state index contributed by atoms with van der Waals surface area (Å²) in [6.45, 7) is 16.9. The topological polar surface area (TPSA) is 54.0 Å². The zero-order chi connectivity index (χ0) is 27.7. The van der Waals surface area contributed by atoms with E-state index in [2.05, 4.69) is 20.8 Å². The van der Waals surface area contributed by atoms with Crippen LogP contribution in [-0.4, -0.2) is 32.2 Å². The number of allylic oxidation sites excluding steroid dienone is 2. The molecule has 0 unspecified atom stereocenters. The lowest BCUT2D eigenvalue weighted by molar-refractivity contribution is -0.113. The summed E-state index contributed by atoms with van der Waals surface area (Å²) in [5, 5.41) is 0. The Morgan fingerprint density at radius 1 is 0.684 bits per heavy atom. The van der Waals surface area contributed by atoms with Gasteiger partial charge in [0.15, 0.2) is 28.8 Å². The van der Waals surface area contributed by atoms with E-state index in [1.807, 2.05) is 76.2 Å². The summed E-state index contributed by atoms with van der Waals surface area (Å²) < 4.78 is 23.1. The van der Waals surface area contributed by atoms with Crippen LogP contribution in [0.1, 0.15) is 78.9 Å². The molecular formula is C33H44O5. The van der Waals surface area contributed by atoms with Crippen molar-refractivity contribution in [3.63, 3.8) is 0 Å². The third-order valence-electron chi connectivity index (χ3n) is 7.35. The van der Waals surface area contributed by atoms with Gasteiger partial charge in [-0.3, -0.25) is 4.79 Å². The van der Waals surface area contributed by atoms with Crippen LogP contribution in [0.4, 0.5) is 0 Å². The van der Waals surface area contributed by atoms with Crippen molar-refractivity contribution < 1.29 is 23.7 Å². The van der Waals surface area contributed by atoms with E-state index < -0.39 is 0 Å². The summed E-state index contributed by atoms with van der Waals surface area (Å²) in [6, 6.07) is 11.8. The fourth-order valence-electron chi connectivity index (χ4n) is 4.80. The Kier molecular flexibility index (Phi) is 10.5. The fourth-order valence-corrected chi connectivity index (χ4v) is 4.80. The Morgan fingerprint density at radius 2 is 1.08 bits per heavy atom. The Balaban J connectivity index is 2.04. The van der Waals surface area contributed by atoms with Crippen LogP contribution in [0.15, 0.2) is 47.5 Å². The van der Waals surface area contributed by atoms with Gasteiger partial charge in [-0.25, -0.2) is 0 Å². The molecule has 2 aromatic rings. The molecule has 0 radical (unpaired) electrons. The molecule has 0 atom stereocenters. The van der Waals surface area contributed by atoms with Crippen LogP contribution in [0.25, 0.3) is 12.2 Å². The van der Waals surface area contributed by atoms with Crippen LogP contribution >= 0.6 is 0 Å². The van der Waals surface area contributed by atoms with E-state index in [4.69, 9.17) is 18.9 Å². The van der Waals surface area contributed by atoms with Crippen LogP contribution in [0.2, 0.25) is 0 Å². The molecule has 1 fully saturated rings.